The highest BCUT2D eigenvalue weighted by atomic mass is 35.5. The normalized spacial score (nSPS) is 16.2. The molecule has 1 fully saturated rings. The molecular weight excluding hydrogens is 403 g/mol. The Hall–Kier alpha value is -2.57. The van der Waals surface area contributed by atoms with Gasteiger partial charge < -0.3 is 15.0 Å². The summed E-state index contributed by atoms with van der Waals surface area (Å²) in [5.74, 6) is -1.89. The lowest BCUT2D eigenvalue weighted by molar-refractivity contribution is -0.151. The number of anilines is 2. The van der Waals surface area contributed by atoms with Gasteiger partial charge in [-0.1, -0.05) is 35.3 Å². The standard InChI is InChI=1S/C20H18Cl2N2O4/c1-12-5-6-15(22)9-17(12)23-18(25)11-28-20(27)13-7-19(26)24(10-13)16-4-2-3-14(21)8-16/h2-6,8-9,13H,7,10-11H2,1H3,(H,23,25)/t13-/m1/s1. The fraction of sp³-hybridized carbons (Fsp3) is 0.250. The van der Waals surface area contributed by atoms with Crippen molar-refractivity contribution in [3.05, 3.63) is 58.1 Å². The number of hydrogen-bond acceptors (Lipinski definition) is 4. The predicted molar refractivity (Wildman–Crippen MR) is 108 cm³/mol. The highest BCUT2D eigenvalue weighted by molar-refractivity contribution is 6.31. The van der Waals surface area contributed by atoms with Crippen molar-refractivity contribution in [2.75, 3.05) is 23.4 Å². The second-order valence-corrected chi connectivity index (χ2v) is 7.37. The Morgan fingerprint density at radius 3 is 2.68 bits per heavy atom. The summed E-state index contributed by atoms with van der Waals surface area (Å²) in [6.45, 7) is 1.58. The minimum atomic E-state index is -0.632. The molecule has 28 heavy (non-hydrogen) atoms. The van der Waals surface area contributed by atoms with E-state index >= 15 is 0 Å². The fourth-order valence-corrected chi connectivity index (χ4v) is 3.29. The van der Waals surface area contributed by atoms with Crippen LogP contribution in [0.3, 0.4) is 0 Å². The van der Waals surface area contributed by atoms with E-state index in [9.17, 15) is 14.4 Å². The Morgan fingerprint density at radius 2 is 1.93 bits per heavy atom. The second-order valence-electron chi connectivity index (χ2n) is 6.50. The molecule has 2 aromatic rings. The molecule has 1 saturated heterocycles. The van der Waals surface area contributed by atoms with Gasteiger partial charge in [-0.25, -0.2) is 0 Å². The average Bonchev–Trinajstić information content (AvgIpc) is 3.04. The van der Waals surface area contributed by atoms with Gasteiger partial charge in [-0.2, -0.15) is 0 Å². The summed E-state index contributed by atoms with van der Waals surface area (Å²) in [7, 11) is 0. The van der Waals surface area contributed by atoms with Crippen LogP contribution in [0.1, 0.15) is 12.0 Å². The van der Waals surface area contributed by atoms with Gasteiger partial charge in [-0.15, -0.1) is 0 Å². The van der Waals surface area contributed by atoms with Crippen molar-refractivity contribution < 1.29 is 19.1 Å². The number of rotatable bonds is 5. The Morgan fingerprint density at radius 1 is 1.18 bits per heavy atom. The molecule has 1 aliphatic heterocycles. The van der Waals surface area contributed by atoms with Crippen LogP contribution in [0.2, 0.25) is 10.0 Å². The quantitative estimate of drug-likeness (QED) is 0.745. The van der Waals surface area contributed by atoms with Crippen LogP contribution in [0.4, 0.5) is 11.4 Å². The number of aryl methyl sites for hydroxylation is 1. The molecule has 0 spiro atoms. The first kappa shape index (κ1) is 20.2. The van der Waals surface area contributed by atoms with E-state index in [2.05, 4.69) is 5.32 Å². The zero-order valence-corrected chi connectivity index (χ0v) is 16.6. The summed E-state index contributed by atoms with van der Waals surface area (Å²) in [6, 6.07) is 12.0. The molecule has 0 aromatic heterocycles. The SMILES string of the molecule is Cc1ccc(Cl)cc1NC(=O)COC(=O)[C@@H]1CC(=O)N(c2cccc(Cl)c2)C1. The molecule has 146 valence electrons. The van der Waals surface area contributed by atoms with Gasteiger partial charge in [0.1, 0.15) is 0 Å². The van der Waals surface area contributed by atoms with Gasteiger partial charge in [-0.3, -0.25) is 14.4 Å². The minimum Gasteiger partial charge on any atom is -0.455 e. The molecule has 1 aliphatic rings. The first-order chi connectivity index (χ1) is 13.3. The number of ether oxygens (including phenoxy) is 1. The van der Waals surface area contributed by atoms with Gasteiger partial charge in [0.15, 0.2) is 6.61 Å². The number of benzene rings is 2. The maximum atomic E-state index is 12.3. The van der Waals surface area contributed by atoms with Crippen molar-refractivity contribution >= 4 is 52.4 Å². The summed E-state index contributed by atoms with van der Waals surface area (Å²) >= 11 is 11.9. The lowest BCUT2D eigenvalue weighted by atomic mass is 10.1. The third-order valence-corrected chi connectivity index (χ3v) is 4.87. The molecule has 2 amide bonds. The Balaban J connectivity index is 1.54. The zero-order valence-electron chi connectivity index (χ0n) is 15.1. The first-order valence-electron chi connectivity index (χ1n) is 8.62. The second kappa shape index (κ2) is 8.63. The van der Waals surface area contributed by atoms with Gasteiger partial charge in [0, 0.05) is 34.4 Å². The number of amides is 2. The fourth-order valence-electron chi connectivity index (χ4n) is 2.93. The lowest BCUT2D eigenvalue weighted by Crippen LogP contribution is -2.28. The van der Waals surface area contributed by atoms with Crippen LogP contribution in [-0.2, 0) is 19.1 Å². The summed E-state index contributed by atoms with van der Waals surface area (Å²) < 4.78 is 5.10. The van der Waals surface area contributed by atoms with Crippen LogP contribution in [0.5, 0.6) is 0 Å². The Kier molecular flexibility index (Phi) is 6.21. The molecule has 1 heterocycles. The summed E-state index contributed by atoms with van der Waals surface area (Å²) in [6.07, 6.45) is 0.0281. The predicted octanol–water partition coefficient (Wildman–Crippen LogP) is 3.84. The number of nitrogens with one attached hydrogen (secondary N) is 1. The largest absolute Gasteiger partial charge is 0.455 e. The number of nitrogens with zero attached hydrogens (tertiary/aromatic N) is 1. The molecule has 0 aliphatic carbocycles. The van der Waals surface area contributed by atoms with E-state index in [1.807, 2.05) is 6.92 Å². The van der Waals surface area contributed by atoms with Crippen molar-refractivity contribution in [1.29, 1.82) is 0 Å². The van der Waals surface area contributed by atoms with Crippen LogP contribution < -0.4 is 10.2 Å². The van der Waals surface area contributed by atoms with Crippen LogP contribution in [0.25, 0.3) is 0 Å². The van der Waals surface area contributed by atoms with Crippen molar-refractivity contribution in [2.45, 2.75) is 13.3 Å². The molecule has 3 rings (SSSR count). The van der Waals surface area contributed by atoms with Gasteiger partial charge >= 0.3 is 5.97 Å². The summed E-state index contributed by atoms with van der Waals surface area (Å²) in [5.41, 5.74) is 2.02. The number of esters is 1. The van der Waals surface area contributed by atoms with Crippen molar-refractivity contribution in [1.82, 2.24) is 0 Å². The van der Waals surface area contributed by atoms with Crippen molar-refractivity contribution in [3.8, 4) is 0 Å². The highest BCUT2D eigenvalue weighted by Gasteiger charge is 2.36. The lowest BCUT2D eigenvalue weighted by Gasteiger charge is -2.16. The molecule has 0 saturated carbocycles. The average molecular weight is 421 g/mol. The van der Waals surface area contributed by atoms with Crippen LogP contribution >= 0.6 is 23.2 Å². The van der Waals surface area contributed by atoms with Crippen LogP contribution in [-0.4, -0.2) is 30.9 Å². The third kappa shape index (κ3) is 4.82. The van der Waals surface area contributed by atoms with E-state index in [4.69, 9.17) is 27.9 Å². The zero-order chi connectivity index (χ0) is 20.3. The smallest absolute Gasteiger partial charge is 0.311 e. The van der Waals surface area contributed by atoms with E-state index in [0.717, 1.165) is 5.56 Å². The third-order valence-electron chi connectivity index (χ3n) is 4.40. The maximum Gasteiger partial charge on any atom is 0.311 e. The van der Waals surface area contributed by atoms with Crippen LogP contribution in [0, 0.1) is 12.8 Å². The monoisotopic (exact) mass is 420 g/mol. The molecule has 8 heteroatoms. The number of halogens is 2. The van der Waals surface area contributed by atoms with Crippen molar-refractivity contribution in [3.63, 3.8) is 0 Å². The van der Waals surface area contributed by atoms with E-state index < -0.39 is 24.4 Å². The first-order valence-corrected chi connectivity index (χ1v) is 9.37. The van der Waals surface area contributed by atoms with Gasteiger partial charge in [0.25, 0.3) is 5.91 Å². The van der Waals surface area contributed by atoms with E-state index in [-0.39, 0.29) is 18.9 Å². The van der Waals surface area contributed by atoms with E-state index in [1.165, 1.54) is 4.90 Å². The van der Waals surface area contributed by atoms with Crippen LogP contribution in [0.15, 0.2) is 42.5 Å². The Bertz CT molecular complexity index is 932. The number of hydrogen-bond donors (Lipinski definition) is 1. The number of carbonyl (C=O) groups excluding carboxylic acids is 3. The molecule has 0 unspecified atom stereocenters. The maximum absolute atomic E-state index is 12.3. The number of carbonyl (C=O) groups is 3. The molecule has 0 bridgehead atoms. The molecular formula is C20H18Cl2N2O4. The van der Waals surface area contributed by atoms with E-state index in [1.54, 1.807) is 42.5 Å². The summed E-state index contributed by atoms with van der Waals surface area (Å²) in [4.78, 5) is 38.1. The van der Waals surface area contributed by atoms with Gasteiger partial charge in [0.05, 0.1) is 5.92 Å². The van der Waals surface area contributed by atoms with Gasteiger partial charge in [-0.05, 0) is 42.8 Å². The highest BCUT2D eigenvalue weighted by Crippen LogP contribution is 2.27. The molecule has 1 atom stereocenters. The summed E-state index contributed by atoms with van der Waals surface area (Å²) in [5, 5.41) is 3.65. The minimum absolute atomic E-state index is 0.0281. The van der Waals surface area contributed by atoms with E-state index in [0.29, 0.717) is 21.4 Å². The molecule has 6 nitrogen and oxygen atoms in total. The van der Waals surface area contributed by atoms with Crippen molar-refractivity contribution in [2.24, 2.45) is 5.92 Å². The molecule has 2 aromatic carbocycles. The topological polar surface area (TPSA) is 75.7 Å². The van der Waals surface area contributed by atoms with Gasteiger partial charge in [0.2, 0.25) is 5.91 Å². The molecule has 0 radical (unpaired) electrons. The molecule has 1 N–H and O–H groups in total. The Labute approximate surface area is 172 Å².